The fourth-order valence-electron chi connectivity index (χ4n) is 5.05. The molecule has 0 radical (unpaired) electrons. The molecule has 1 amide bonds. The van der Waals surface area contributed by atoms with E-state index in [-0.39, 0.29) is 16.7 Å². The summed E-state index contributed by atoms with van der Waals surface area (Å²) in [6.45, 7) is 14.9. The zero-order valence-electron chi connectivity index (χ0n) is 23.3. The number of carbonyl (C=O) groups excluding carboxylic acids is 2. The average molecular weight is 521 g/mol. The van der Waals surface area contributed by atoms with Gasteiger partial charge in [0.05, 0.1) is 31.4 Å². The van der Waals surface area contributed by atoms with Crippen molar-refractivity contribution in [2.45, 2.75) is 52.5 Å². The van der Waals surface area contributed by atoms with E-state index < -0.39 is 17.7 Å². The van der Waals surface area contributed by atoms with Gasteiger partial charge in [0, 0.05) is 31.7 Å². The Hall–Kier alpha value is -3.16. The number of hydrogen-bond donors (Lipinski definition) is 1. The topological polar surface area (TPSA) is 79.3 Å². The van der Waals surface area contributed by atoms with Gasteiger partial charge >= 0.3 is 0 Å². The van der Waals surface area contributed by atoms with Gasteiger partial charge in [0.15, 0.2) is 0 Å². The second-order valence-electron chi connectivity index (χ2n) is 11.1. The smallest absolute Gasteiger partial charge is 0.295 e. The van der Waals surface area contributed by atoms with Crippen LogP contribution in [-0.2, 0) is 19.7 Å². The van der Waals surface area contributed by atoms with Gasteiger partial charge in [-0.2, -0.15) is 0 Å². The van der Waals surface area contributed by atoms with Crippen molar-refractivity contribution >= 4 is 17.4 Å². The summed E-state index contributed by atoms with van der Waals surface area (Å²) in [4.78, 5) is 30.7. The number of aryl methyl sites for hydroxylation is 1. The molecule has 204 valence electrons. The predicted octanol–water partition coefficient (Wildman–Crippen LogP) is 4.84. The molecular weight excluding hydrogens is 480 g/mol. The molecule has 2 saturated heterocycles. The van der Waals surface area contributed by atoms with Crippen molar-refractivity contribution in [3.8, 4) is 5.75 Å². The standard InChI is InChI=1S/C31H40N2O5/c1-6-17-38-24-11-12-25(21(2)20-24)28(34)26-27(22-7-9-23(10-8-22)31(3,4)5)33(30(36)29(26)35)14-13-32-15-18-37-19-16-32/h7-12,20,27,34H,6,13-19H2,1-5H3. The molecule has 7 heteroatoms. The minimum absolute atomic E-state index is 0.0324. The number of aliphatic hydroxyl groups excluding tert-OH is 1. The van der Waals surface area contributed by atoms with E-state index in [1.807, 2.05) is 44.2 Å². The number of nitrogens with zero attached hydrogens (tertiary/aromatic N) is 2. The first-order valence-electron chi connectivity index (χ1n) is 13.5. The largest absolute Gasteiger partial charge is 0.507 e. The van der Waals surface area contributed by atoms with Gasteiger partial charge in [0.1, 0.15) is 11.5 Å². The summed E-state index contributed by atoms with van der Waals surface area (Å²) in [6.07, 6.45) is 0.892. The SMILES string of the molecule is CCCOc1ccc(C(O)=C2C(=O)C(=O)N(CCN3CCOCC3)C2c2ccc(C(C)(C)C)cc2)c(C)c1. The lowest BCUT2D eigenvalue weighted by molar-refractivity contribution is -0.140. The van der Waals surface area contributed by atoms with Crippen LogP contribution >= 0.6 is 0 Å². The van der Waals surface area contributed by atoms with Gasteiger partial charge < -0.3 is 19.5 Å². The Labute approximate surface area is 226 Å². The van der Waals surface area contributed by atoms with Crippen LogP contribution in [0.1, 0.15) is 62.4 Å². The van der Waals surface area contributed by atoms with Crippen LogP contribution in [0.25, 0.3) is 5.76 Å². The molecule has 2 heterocycles. The zero-order valence-corrected chi connectivity index (χ0v) is 23.3. The number of carbonyl (C=O) groups is 2. The fourth-order valence-corrected chi connectivity index (χ4v) is 5.05. The monoisotopic (exact) mass is 520 g/mol. The maximum absolute atomic E-state index is 13.4. The van der Waals surface area contributed by atoms with Gasteiger partial charge in [0.2, 0.25) is 0 Å². The van der Waals surface area contributed by atoms with Crippen molar-refractivity contribution < 1.29 is 24.2 Å². The number of morpholine rings is 1. The summed E-state index contributed by atoms with van der Waals surface area (Å²) in [7, 11) is 0. The molecule has 2 aromatic carbocycles. The molecule has 38 heavy (non-hydrogen) atoms. The van der Waals surface area contributed by atoms with Crippen LogP contribution in [0.2, 0.25) is 0 Å². The molecular formula is C31H40N2O5. The van der Waals surface area contributed by atoms with Crippen LogP contribution in [0, 0.1) is 6.92 Å². The summed E-state index contributed by atoms with van der Waals surface area (Å²) in [5.74, 6) is -0.673. The number of ether oxygens (including phenoxy) is 2. The zero-order chi connectivity index (χ0) is 27.4. The highest BCUT2D eigenvalue weighted by Gasteiger charge is 2.46. The van der Waals surface area contributed by atoms with Crippen molar-refractivity contribution in [1.29, 1.82) is 0 Å². The van der Waals surface area contributed by atoms with E-state index in [1.54, 1.807) is 17.0 Å². The third-order valence-corrected chi connectivity index (χ3v) is 7.32. The molecule has 7 nitrogen and oxygen atoms in total. The number of Topliss-reactive ketones (excluding diaryl/α,β-unsaturated/α-hetero) is 1. The molecule has 2 fully saturated rings. The molecule has 1 unspecified atom stereocenters. The third kappa shape index (κ3) is 5.94. The quantitative estimate of drug-likeness (QED) is 0.305. The lowest BCUT2D eigenvalue weighted by Gasteiger charge is -2.31. The molecule has 0 saturated carbocycles. The summed E-state index contributed by atoms with van der Waals surface area (Å²) in [6, 6.07) is 12.8. The Morgan fingerprint density at radius 1 is 1.05 bits per heavy atom. The number of aliphatic hydroxyl groups is 1. The fraction of sp³-hybridized carbons (Fsp3) is 0.484. The molecule has 0 aromatic heterocycles. The highest BCUT2D eigenvalue weighted by molar-refractivity contribution is 6.46. The van der Waals surface area contributed by atoms with Gasteiger partial charge in [-0.25, -0.2) is 0 Å². The molecule has 2 aliphatic heterocycles. The van der Waals surface area contributed by atoms with Crippen molar-refractivity contribution in [2.75, 3.05) is 46.0 Å². The van der Waals surface area contributed by atoms with Gasteiger partial charge in [-0.1, -0.05) is 52.0 Å². The van der Waals surface area contributed by atoms with E-state index in [9.17, 15) is 14.7 Å². The Bertz CT molecular complexity index is 1190. The molecule has 0 bridgehead atoms. The van der Waals surface area contributed by atoms with Crippen LogP contribution in [0.4, 0.5) is 0 Å². The van der Waals surface area contributed by atoms with Crippen LogP contribution in [-0.4, -0.2) is 72.6 Å². The van der Waals surface area contributed by atoms with Gasteiger partial charge in [-0.3, -0.25) is 14.5 Å². The molecule has 2 aromatic rings. The van der Waals surface area contributed by atoms with E-state index in [1.165, 1.54) is 0 Å². The minimum atomic E-state index is -0.666. The molecule has 4 rings (SSSR count). The van der Waals surface area contributed by atoms with Crippen molar-refractivity contribution in [3.63, 3.8) is 0 Å². The highest BCUT2D eigenvalue weighted by atomic mass is 16.5. The lowest BCUT2D eigenvalue weighted by atomic mass is 9.85. The molecule has 0 spiro atoms. The number of ketones is 1. The Morgan fingerprint density at radius 3 is 2.34 bits per heavy atom. The maximum atomic E-state index is 13.4. The van der Waals surface area contributed by atoms with E-state index in [0.29, 0.717) is 44.2 Å². The van der Waals surface area contributed by atoms with Gasteiger partial charge in [-0.05, 0) is 53.6 Å². The number of amides is 1. The van der Waals surface area contributed by atoms with Gasteiger partial charge in [0.25, 0.3) is 11.7 Å². The summed E-state index contributed by atoms with van der Waals surface area (Å²) in [5.41, 5.74) is 3.36. The average Bonchev–Trinajstić information content (AvgIpc) is 3.15. The first kappa shape index (κ1) is 27.9. The second-order valence-corrected chi connectivity index (χ2v) is 11.1. The number of likely N-dealkylation sites (tertiary alicyclic amines) is 1. The first-order valence-corrected chi connectivity index (χ1v) is 13.5. The highest BCUT2D eigenvalue weighted by Crippen LogP contribution is 2.40. The Morgan fingerprint density at radius 2 is 1.74 bits per heavy atom. The van der Waals surface area contributed by atoms with Crippen molar-refractivity contribution in [2.24, 2.45) is 0 Å². The Kier molecular flexibility index (Phi) is 8.58. The van der Waals surface area contributed by atoms with Crippen LogP contribution < -0.4 is 4.74 Å². The van der Waals surface area contributed by atoms with E-state index in [0.717, 1.165) is 36.2 Å². The molecule has 1 atom stereocenters. The summed E-state index contributed by atoms with van der Waals surface area (Å²) < 4.78 is 11.2. The maximum Gasteiger partial charge on any atom is 0.295 e. The van der Waals surface area contributed by atoms with E-state index in [2.05, 4.69) is 25.7 Å². The van der Waals surface area contributed by atoms with E-state index in [4.69, 9.17) is 9.47 Å². The number of benzene rings is 2. The number of rotatable bonds is 8. The normalized spacial score (nSPS) is 20.2. The molecule has 2 aliphatic rings. The first-order chi connectivity index (χ1) is 18.1. The van der Waals surface area contributed by atoms with Crippen LogP contribution in [0.5, 0.6) is 5.75 Å². The predicted molar refractivity (Wildman–Crippen MR) is 148 cm³/mol. The number of hydrogen-bond acceptors (Lipinski definition) is 6. The van der Waals surface area contributed by atoms with Crippen LogP contribution in [0.15, 0.2) is 48.0 Å². The molecule has 0 aliphatic carbocycles. The minimum Gasteiger partial charge on any atom is -0.507 e. The third-order valence-electron chi connectivity index (χ3n) is 7.32. The van der Waals surface area contributed by atoms with Gasteiger partial charge in [-0.15, -0.1) is 0 Å². The van der Waals surface area contributed by atoms with E-state index >= 15 is 0 Å². The van der Waals surface area contributed by atoms with Crippen molar-refractivity contribution in [3.05, 3.63) is 70.3 Å². The lowest BCUT2D eigenvalue weighted by Crippen LogP contribution is -2.42. The summed E-state index contributed by atoms with van der Waals surface area (Å²) in [5, 5.41) is 11.5. The van der Waals surface area contributed by atoms with Crippen molar-refractivity contribution in [1.82, 2.24) is 9.80 Å². The summed E-state index contributed by atoms with van der Waals surface area (Å²) >= 11 is 0. The Balaban J connectivity index is 1.74. The van der Waals surface area contributed by atoms with Crippen LogP contribution in [0.3, 0.4) is 0 Å². The second kappa shape index (κ2) is 11.7. The molecule has 1 N–H and O–H groups in total.